The first-order valence-corrected chi connectivity index (χ1v) is 11.3. The second kappa shape index (κ2) is 10.3. The third kappa shape index (κ3) is 5.20. The number of anilines is 1. The summed E-state index contributed by atoms with van der Waals surface area (Å²) in [7, 11) is 3.13. The molecule has 8 nitrogen and oxygen atoms in total. The number of hydrogen-bond acceptors (Lipinski definition) is 7. The molecule has 0 saturated heterocycles. The Morgan fingerprint density at radius 1 is 1.06 bits per heavy atom. The highest BCUT2D eigenvalue weighted by molar-refractivity contribution is 8.00. The fraction of sp³-hybridized carbons (Fsp3) is 0.208. The fourth-order valence-corrected chi connectivity index (χ4v) is 4.04. The largest absolute Gasteiger partial charge is 0.497 e. The zero-order chi connectivity index (χ0) is 23.2. The van der Waals surface area contributed by atoms with Gasteiger partial charge in [-0.1, -0.05) is 11.8 Å². The molecule has 0 saturated carbocycles. The maximum atomic E-state index is 12.6. The minimum absolute atomic E-state index is 0.168. The molecule has 33 heavy (non-hydrogen) atoms. The van der Waals surface area contributed by atoms with Crippen molar-refractivity contribution in [3.8, 4) is 28.5 Å². The van der Waals surface area contributed by atoms with Gasteiger partial charge < -0.3 is 19.5 Å². The van der Waals surface area contributed by atoms with Gasteiger partial charge >= 0.3 is 0 Å². The van der Waals surface area contributed by atoms with Crippen molar-refractivity contribution in [2.24, 2.45) is 0 Å². The van der Waals surface area contributed by atoms with Gasteiger partial charge in [0.25, 0.3) is 0 Å². The number of nitrogens with zero attached hydrogens (tertiary/aromatic N) is 3. The van der Waals surface area contributed by atoms with E-state index >= 15 is 0 Å². The van der Waals surface area contributed by atoms with Gasteiger partial charge in [0.15, 0.2) is 0 Å². The Labute approximate surface area is 195 Å². The van der Waals surface area contributed by atoms with E-state index in [2.05, 4.69) is 15.4 Å². The number of amides is 1. The summed E-state index contributed by atoms with van der Waals surface area (Å²) in [6.07, 6.45) is 3.47. The fourth-order valence-electron chi connectivity index (χ4n) is 3.26. The number of benzene rings is 2. The smallest absolute Gasteiger partial charge is 0.234 e. The van der Waals surface area contributed by atoms with E-state index in [1.807, 2.05) is 37.3 Å². The lowest BCUT2D eigenvalue weighted by molar-refractivity contribution is -0.113. The van der Waals surface area contributed by atoms with Gasteiger partial charge in [0.2, 0.25) is 5.91 Å². The van der Waals surface area contributed by atoms with Crippen LogP contribution in [0.2, 0.25) is 0 Å². The molecule has 0 atom stereocenters. The van der Waals surface area contributed by atoms with Crippen molar-refractivity contribution < 1.29 is 19.0 Å². The molecule has 1 amide bonds. The van der Waals surface area contributed by atoms with E-state index in [1.165, 1.54) is 11.8 Å². The molecule has 0 unspecified atom stereocenters. The standard InChI is InChI=1S/C24H24N4O4S/c1-4-32-17-7-5-16(6-8-17)20-14-21-24(25-11-12-28(21)27-20)33-15-23(29)26-19-10-9-18(30-2)13-22(19)31-3/h5-14H,4,15H2,1-3H3,(H,26,29). The van der Waals surface area contributed by atoms with Crippen LogP contribution >= 0.6 is 11.8 Å². The maximum absolute atomic E-state index is 12.6. The molecule has 0 aliphatic rings. The molecule has 0 radical (unpaired) electrons. The van der Waals surface area contributed by atoms with Crippen molar-refractivity contribution in [3.05, 3.63) is 60.9 Å². The number of ether oxygens (including phenoxy) is 3. The third-order valence-corrected chi connectivity index (χ3v) is 5.83. The molecule has 1 N–H and O–H groups in total. The van der Waals surface area contributed by atoms with Crippen LogP contribution < -0.4 is 19.5 Å². The molecule has 4 aromatic rings. The maximum Gasteiger partial charge on any atom is 0.234 e. The summed E-state index contributed by atoms with van der Waals surface area (Å²) < 4.78 is 17.8. The topological polar surface area (TPSA) is 87.0 Å². The highest BCUT2D eigenvalue weighted by Gasteiger charge is 2.13. The van der Waals surface area contributed by atoms with E-state index in [-0.39, 0.29) is 11.7 Å². The molecule has 0 spiro atoms. The molecule has 2 heterocycles. The van der Waals surface area contributed by atoms with Crippen LogP contribution in [0.15, 0.2) is 66.0 Å². The van der Waals surface area contributed by atoms with Crippen LogP contribution in [0.4, 0.5) is 5.69 Å². The van der Waals surface area contributed by atoms with Gasteiger partial charge in [-0.3, -0.25) is 4.79 Å². The number of rotatable bonds is 9. The Hall–Kier alpha value is -3.72. The molecule has 9 heteroatoms. The van der Waals surface area contributed by atoms with Crippen LogP contribution in [0.25, 0.3) is 16.8 Å². The predicted octanol–water partition coefficient (Wildman–Crippen LogP) is 4.54. The van der Waals surface area contributed by atoms with Crippen LogP contribution in [-0.2, 0) is 4.79 Å². The van der Waals surface area contributed by atoms with Crippen molar-refractivity contribution in [1.29, 1.82) is 0 Å². The monoisotopic (exact) mass is 464 g/mol. The summed E-state index contributed by atoms with van der Waals surface area (Å²) in [6.45, 7) is 2.58. The van der Waals surface area contributed by atoms with Crippen molar-refractivity contribution in [3.63, 3.8) is 0 Å². The quantitative estimate of drug-likeness (QED) is 0.364. The summed E-state index contributed by atoms with van der Waals surface area (Å²) in [5, 5.41) is 8.24. The molecule has 2 aromatic carbocycles. The molecule has 0 aliphatic heterocycles. The Bertz CT molecular complexity index is 1260. The van der Waals surface area contributed by atoms with Gasteiger partial charge in [-0.15, -0.1) is 0 Å². The van der Waals surface area contributed by atoms with Crippen LogP contribution in [0.3, 0.4) is 0 Å². The van der Waals surface area contributed by atoms with Crippen LogP contribution in [0.1, 0.15) is 6.92 Å². The zero-order valence-corrected chi connectivity index (χ0v) is 19.4. The Morgan fingerprint density at radius 3 is 2.58 bits per heavy atom. The van der Waals surface area contributed by atoms with Crippen LogP contribution in [0, 0.1) is 0 Å². The van der Waals surface area contributed by atoms with Crippen LogP contribution in [0.5, 0.6) is 17.2 Å². The van der Waals surface area contributed by atoms with E-state index in [0.717, 1.165) is 27.5 Å². The van der Waals surface area contributed by atoms with Gasteiger partial charge in [0.05, 0.1) is 43.5 Å². The van der Waals surface area contributed by atoms with E-state index < -0.39 is 0 Å². The van der Waals surface area contributed by atoms with Crippen molar-refractivity contribution in [1.82, 2.24) is 14.6 Å². The predicted molar refractivity (Wildman–Crippen MR) is 128 cm³/mol. The second-order valence-electron chi connectivity index (χ2n) is 6.95. The van der Waals surface area contributed by atoms with E-state index in [9.17, 15) is 4.79 Å². The SMILES string of the molecule is CCOc1ccc(-c2cc3c(SCC(=O)Nc4ccc(OC)cc4OC)nccn3n2)cc1. The third-order valence-electron chi connectivity index (χ3n) is 4.84. The van der Waals surface area contributed by atoms with Gasteiger partial charge in [-0.25, -0.2) is 9.50 Å². The molecule has 170 valence electrons. The van der Waals surface area contributed by atoms with E-state index in [1.54, 1.807) is 49.3 Å². The number of hydrogen-bond donors (Lipinski definition) is 1. The molecule has 0 aliphatic carbocycles. The number of carbonyl (C=O) groups excluding carboxylic acids is 1. The number of fused-ring (bicyclic) bond motifs is 1. The lowest BCUT2D eigenvalue weighted by atomic mass is 10.1. The van der Waals surface area contributed by atoms with E-state index in [4.69, 9.17) is 14.2 Å². The van der Waals surface area contributed by atoms with Crippen molar-refractivity contribution >= 4 is 28.9 Å². The summed E-state index contributed by atoms with van der Waals surface area (Å²) in [5.74, 6) is 2.02. The summed E-state index contributed by atoms with van der Waals surface area (Å²) >= 11 is 1.35. The summed E-state index contributed by atoms with van der Waals surface area (Å²) in [4.78, 5) is 17.0. The Kier molecular flexibility index (Phi) is 6.99. The average molecular weight is 465 g/mol. The summed E-state index contributed by atoms with van der Waals surface area (Å²) in [6, 6.07) is 15.0. The van der Waals surface area contributed by atoms with Gasteiger partial charge in [0.1, 0.15) is 22.3 Å². The molecule has 4 rings (SSSR count). The van der Waals surface area contributed by atoms with E-state index in [0.29, 0.717) is 23.8 Å². The first-order chi connectivity index (χ1) is 16.1. The normalized spacial score (nSPS) is 10.8. The Morgan fingerprint density at radius 2 is 1.85 bits per heavy atom. The van der Waals surface area contributed by atoms with Gasteiger partial charge in [-0.05, 0) is 49.4 Å². The molecule has 0 bridgehead atoms. The highest BCUT2D eigenvalue weighted by atomic mass is 32.2. The molecule has 2 aromatic heterocycles. The zero-order valence-electron chi connectivity index (χ0n) is 18.6. The Balaban J connectivity index is 1.47. The number of aromatic nitrogens is 3. The highest BCUT2D eigenvalue weighted by Crippen LogP contribution is 2.30. The number of methoxy groups -OCH3 is 2. The lowest BCUT2D eigenvalue weighted by Gasteiger charge is -2.11. The van der Waals surface area contributed by atoms with Crippen molar-refractivity contribution in [2.75, 3.05) is 31.9 Å². The number of thioether (sulfide) groups is 1. The number of carbonyl (C=O) groups is 1. The van der Waals surface area contributed by atoms with Gasteiger partial charge in [0, 0.05) is 24.0 Å². The average Bonchev–Trinajstić information content (AvgIpc) is 3.28. The second-order valence-corrected chi connectivity index (χ2v) is 7.92. The van der Waals surface area contributed by atoms with Gasteiger partial charge in [-0.2, -0.15) is 5.10 Å². The first kappa shape index (κ1) is 22.5. The lowest BCUT2D eigenvalue weighted by Crippen LogP contribution is -2.15. The minimum atomic E-state index is -0.168. The minimum Gasteiger partial charge on any atom is -0.497 e. The molecular formula is C24H24N4O4S. The van der Waals surface area contributed by atoms with Crippen LogP contribution in [-0.4, -0.2) is 47.1 Å². The molecular weight excluding hydrogens is 440 g/mol. The number of nitrogens with one attached hydrogen (secondary N) is 1. The van der Waals surface area contributed by atoms with Crippen molar-refractivity contribution in [2.45, 2.75) is 11.9 Å². The molecule has 0 fully saturated rings. The summed E-state index contributed by atoms with van der Waals surface area (Å²) in [5.41, 5.74) is 3.21. The first-order valence-electron chi connectivity index (χ1n) is 10.3.